The number of halogens is 2. The molecule has 0 unspecified atom stereocenters. The number of amides is 1. The molecule has 0 aliphatic rings. The van der Waals surface area contributed by atoms with Gasteiger partial charge in [0.1, 0.15) is 5.75 Å². The monoisotopic (exact) mass is 319 g/mol. The maximum Gasteiger partial charge on any atom is 0.387 e. The topological polar surface area (TPSA) is 55.4 Å². The number of nitrogens with one attached hydrogen (secondary N) is 1. The van der Waals surface area contributed by atoms with Crippen LogP contribution in [-0.2, 0) is 6.54 Å². The van der Waals surface area contributed by atoms with Crippen LogP contribution in [0.15, 0.2) is 48.5 Å². The molecular formula is C17H15F2NO3. The highest BCUT2D eigenvalue weighted by Crippen LogP contribution is 2.20. The number of rotatable bonds is 6. The van der Waals surface area contributed by atoms with Crippen LogP contribution < -0.4 is 10.1 Å². The van der Waals surface area contributed by atoms with Gasteiger partial charge in [0.25, 0.3) is 5.91 Å². The number of hydrogen-bond donors (Lipinski definition) is 1. The zero-order chi connectivity index (χ0) is 16.8. The first kappa shape index (κ1) is 16.6. The van der Waals surface area contributed by atoms with E-state index in [0.717, 1.165) is 0 Å². The van der Waals surface area contributed by atoms with Crippen LogP contribution in [0.1, 0.15) is 33.2 Å². The summed E-state index contributed by atoms with van der Waals surface area (Å²) in [7, 11) is 0. The third kappa shape index (κ3) is 4.35. The lowest BCUT2D eigenvalue weighted by atomic mass is 10.0. The molecule has 2 aromatic rings. The SMILES string of the molecule is CC(=O)c1ccccc1C(=O)NCc1ccccc1OC(F)F. The van der Waals surface area contributed by atoms with Crippen molar-refractivity contribution in [3.63, 3.8) is 0 Å². The van der Waals surface area contributed by atoms with Crippen molar-refractivity contribution >= 4 is 11.7 Å². The fourth-order valence-corrected chi connectivity index (χ4v) is 2.12. The van der Waals surface area contributed by atoms with E-state index < -0.39 is 12.5 Å². The molecule has 23 heavy (non-hydrogen) atoms. The van der Waals surface area contributed by atoms with Gasteiger partial charge in [-0.1, -0.05) is 36.4 Å². The van der Waals surface area contributed by atoms with E-state index in [9.17, 15) is 18.4 Å². The van der Waals surface area contributed by atoms with Crippen LogP contribution in [-0.4, -0.2) is 18.3 Å². The van der Waals surface area contributed by atoms with E-state index in [4.69, 9.17) is 0 Å². The minimum Gasteiger partial charge on any atom is -0.434 e. The van der Waals surface area contributed by atoms with Gasteiger partial charge < -0.3 is 10.1 Å². The van der Waals surface area contributed by atoms with Crippen molar-refractivity contribution in [3.05, 3.63) is 65.2 Å². The number of alkyl halides is 2. The highest BCUT2D eigenvalue weighted by Gasteiger charge is 2.15. The minimum atomic E-state index is -2.94. The molecule has 0 aliphatic carbocycles. The Labute approximate surface area is 132 Å². The molecule has 0 radical (unpaired) electrons. The van der Waals surface area contributed by atoms with Gasteiger partial charge in [0.05, 0.1) is 5.56 Å². The van der Waals surface area contributed by atoms with Crippen molar-refractivity contribution in [2.75, 3.05) is 0 Å². The second-order valence-corrected chi connectivity index (χ2v) is 4.77. The number of carbonyl (C=O) groups excluding carboxylic acids is 2. The Morgan fingerprint density at radius 3 is 2.30 bits per heavy atom. The molecule has 1 N–H and O–H groups in total. The number of hydrogen-bond acceptors (Lipinski definition) is 3. The van der Waals surface area contributed by atoms with Crippen molar-refractivity contribution in [1.29, 1.82) is 0 Å². The first-order valence-corrected chi connectivity index (χ1v) is 6.90. The average molecular weight is 319 g/mol. The number of benzene rings is 2. The van der Waals surface area contributed by atoms with Crippen LogP contribution in [0, 0.1) is 0 Å². The predicted molar refractivity (Wildman–Crippen MR) is 80.7 cm³/mol. The summed E-state index contributed by atoms with van der Waals surface area (Å²) in [6, 6.07) is 12.6. The van der Waals surface area contributed by atoms with E-state index in [1.165, 1.54) is 19.1 Å². The predicted octanol–water partition coefficient (Wildman–Crippen LogP) is 3.42. The highest BCUT2D eigenvalue weighted by molar-refractivity contribution is 6.07. The molecule has 0 aromatic heterocycles. The van der Waals surface area contributed by atoms with Crippen LogP contribution in [0.2, 0.25) is 0 Å². The molecule has 0 aliphatic heterocycles. The summed E-state index contributed by atoms with van der Waals surface area (Å²) < 4.78 is 29.1. The van der Waals surface area contributed by atoms with Gasteiger partial charge in [-0.2, -0.15) is 8.78 Å². The molecule has 0 saturated heterocycles. The van der Waals surface area contributed by atoms with Gasteiger partial charge in [0, 0.05) is 17.7 Å². The van der Waals surface area contributed by atoms with Gasteiger partial charge in [-0.25, -0.2) is 0 Å². The smallest absolute Gasteiger partial charge is 0.387 e. The van der Waals surface area contributed by atoms with Gasteiger partial charge in [-0.15, -0.1) is 0 Å². The van der Waals surface area contributed by atoms with Crippen LogP contribution in [0.3, 0.4) is 0 Å². The molecule has 6 heteroatoms. The Kier molecular flexibility index (Phi) is 5.41. The fourth-order valence-electron chi connectivity index (χ4n) is 2.12. The molecule has 1 amide bonds. The number of Topliss-reactive ketones (excluding diaryl/α,β-unsaturated/α-hetero) is 1. The van der Waals surface area contributed by atoms with Gasteiger partial charge in [0.15, 0.2) is 5.78 Å². The summed E-state index contributed by atoms with van der Waals surface area (Å²) >= 11 is 0. The summed E-state index contributed by atoms with van der Waals surface area (Å²) in [4.78, 5) is 23.8. The highest BCUT2D eigenvalue weighted by atomic mass is 19.3. The minimum absolute atomic E-state index is 0.00246. The molecule has 0 atom stereocenters. The first-order chi connectivity index (χ1) is 11.0. The summed E-state index contributed by atoms with van der Waals surface area (Å²) in [6.45, 7) is -1.56. The summed E-state index contributed by atoms with van der Waals surface area (Å²) in [5, 5.41) is 2.61. The largest absolute Gasteiger partial charge is 0.434 e. The normalized spacial score (nSPS) is 10.4. The Balaban J connectivity index is 2.13. The molecular weight excluding hydrogens is 304 g/mol. The van der Waals surface area contributed by atoms with E-state index in [2.05, 4.69) is 10.1 Å². The summed E-state index contributed by atoms with van der Waals surface area (Å²) in [5.41, 5.74) is 0.968. The molecule has 4 nitrogen and oxygen atoms in total. The summed E-state index contributed by atoms with van der Waals surface area (Å²) in [5.74, 6) is -0.678. The van der Waals surface area contributed by atoms with Crippen molar-refractivity contribution in [3.8, 4) is 5.75 Å². The maximum atomic E-state index is 12.4. The van der Waals surface area contributed by atoms with Crippen molar-refractivity contribution < 1.29 is 23.1 Å². The molecule has 0 spiro atoms. The maximum absolute atomic E-state index is 12.4. The molecule has 2 rings (SSSR count). The molecule has 2 aromatic carbocycles. The lowest BCUT2D eigenvalue weighted by Crippen LogP contribution is -2.25. The van der Waals surface area contributed by atoms with Crippen LogP contribution in [0.5, 0.6) is 5.75 Å². The zero-order valence-corrected chi connectivity index (χ0v) is 12.4. The average Bonchev–Trinajstić information content (AvgIpc) is 2.53. The van der Waals surface area contributed by atoms with Crippen LogP contribution >= 0.6 is 0 Å². The molecule has 120 valence electrons. The fraction of sp³-hybridized carbons (Fsp3) is 0.176. The van der Waals surface area contributed by atoms with E-state index in [1.54, 1.807) is 36.4 Å². The van der Waals surface area contributed by atoms with Gasteiger partial charge in [0.2, 0.25) is 0 Å². The van der Waals surface area contributed by atoms with E-state index >= 15 is 0 Å². The van der Waals surface area contributed by atoms with Crippen molar-refractivity contribution in [1.82, 2.24) is 5.32 Å². The number of para-hydroxylation sites is 1. The van der Waals surface area contributed by atoms with Crippen LogP contribution in [0.4, 0.5) is 8.78 Å². The third-order valence-electron chi connectivity index (χ3n) is 3.18. The molecule has 0 fully saturated rings. The second kappa shape index (κ2) is 7.49. The standard InChI is InChI=1S/C17H15F2NO3/c1-11(21)13-7-3-4-8-14(13)16(22)20-10-12-6-2-5-9-15(12)23-17(18)19/h2-9,17H,10H2,1H3,(H,20,22). The zero-order valence-electron chi connectivity index (χ0n) is 12.4. The van der Waals surface area contributed by atoms with Gasteiger partial charge in [-0.05, 0) is 19.1 Å². The van der Waals surface area contributed by atoms with Gasteiger partial charge in [-0.3, -0.25) is 9.59 Å². The molecule has 0 heterocycles. The Morgan fingerprint density at radius 1 is 1.04 bits per heavy atom. The van der Waals surface area contributed by atoms with E-state index in [1.807, 2.05) is 0 Å². The quantitative estimate of drug-likeness (QED) is 0.830. The Morgan fingerprint density at radius 2 is 1.65 bits per heavy atom. The van der Waals surface area contributed by atoms with E-state index in [-0.39, 0.29) is 23.6 Å². The van der Waals surface area contributed by atoms with Gasteiger partial charge >= 0.3 is 6.61 Å². The van der Waals surface area contributed by atoms with E-state index in [0.29, 0.717) is 11.1 Å². The van der Waals surface area contributed by atoms with Crippen LogP contribution in [0.25, 0.3) is 0 Å². The lowest BCUT2D eigenvalue weighted by molar-refractivity contribution is -0.0504. The third-order valence-corrected chi connectivity index (χ3v) is 3.18. The van der Waals surface area contributed by atoms with Crippen molar-refractivity contribution in [2.45, 2.75) is 20.1 Å². The number of carbonyl (C=O) groups is 2. The Bertz CT molecular complexity index is 716. The lowest BCUT2D eigenvalue weighted by Gasteiger charge is -2.12. The number of ether oxygens (including phenoxy) is 1. The first-order valence-electron chi connectivity index (χ1n) is 6.90. The summed E-state index contributed by atoms with van der Waals surface area (Å²) in [6.07, 6.45) is 0. The number of ketones is 1. The molecule has 0 bridgehead atoms. The molecule has 0 saturated carbocycles. The second-order valence-electron chi connectivity index (χ2n) is 4.77. The Hall–Kier alpha value is -2.76. The van der Waals surface area contributed by atoms with Crippen molar-refractivity contribution in [2.24, 2.45) is 0 Å².